The van der Waals surface area contributed by atoms with Gasteiger partial charge in [-0.3, -0.25) is 4.67 Å². The second-order valence-electron chi connectivity index (χ2n) is 2.77. The lowest BCUT2D eigenvalue weighted by molar-refractivity contribution is 0.368. The van der Waals surface area contributed by atoms with E-state index in [1.165, 1.54) is 32.4 Å². The monoisotopic (exact) mass is 220 g/mol. The second-order valence-corrected chi connectivity index (χ2v) is 6.53. The van der Waals surface area contributed by atoms with E-state index in [9.17, 15) is 0 Å². The Bertz CT molecular complexity index is 201. The Morgan fingerprint density at radius 1 is 1.25 bits per heavy atom. The van der Waals surface area contributed by atoms with Gasteiger partial charge in [0.05, 0.1) is 0 Å². The van der Waals surface area contributed by atoms with Crippen LogP contribution in [0.2, 0.25) is 0 Å². The molecule has 4 nitrogen and oxygen atoms in total. The van der Waals surface area contributed by atoms with Crippen LogP contribution < -0.4 is 4.86 Å². The quantitative estimate of drug-likeness (QED) is 0.688. The lowest BCUT2D eigenvalue weighted by atomic mass is 10.2. The zero-order chi connectivity index (χ0) is 8.23. The van der Waals surface area contributed by atoms with E-state index in [0.29, 0.717) is 0 Å². The van der Waals surface area contributed by atoms with E-state index in [2.05, 4.69) is 18.6 Å². The van der Waals surface area contributed by atoms with E-state index < -0.39 is 8.37 Å². The molecule has 0 saturated carbocycles. The molecule has 0 aromatic heterocycles. The van der Waals surface area contributed by atoms with Crippen molar-refractivity contribution in [1.82, 2.24) is 9.53 Å². The molecular formula is C5H11N4P3. The van der Waals surface area contributed by atoms with Crippen LogP contribution in [0.3, 0.4) is 0 Å². The normalized spacial score (nSPS) is 33.5. The van der Waals surface area contributed by atoms with E-state index in [1.807, 2.05) is 0 Å². The average Bonchev–Trinajstić information content (AvgIpc) is 2.21. The molecule has 0 spiro atoms. The van der Waals surface area contributed by atoms with E-state index >= 15 is 0 Å². The highest BCUT2D eigenvalue weighted by atomic mass is 31.2. The number of hydrogen-bond acceptors (Lipinski definition) is 4. The van der Waals surface area contributed by atoms with Gasteiger partial charge in [-0.05, 0) is 12.8 Å². The van der Waals surface area contributed by atoms with E-state index in [1.54, 1.807) is 0 Å². The molecule has 1 atom stereocenters. The Hall–Kier alpha value is 0.550. The molecule has 0 radical (unpaired) electrons. The highest BCUT2D eigenvalue weighted by molar-refractivity contribution is 7.65. The fourth-order valence-corrected chi connectivity index (χ4v) is 5.25. The molecule has 0 aromatic rings. The molecule has 66 valence electrons. The maximum Gasteiger partial charge on any atom is 0.181 e. The number of hydrogen-bond donors (Lipinski definition) is 1. The van der Waals surface area contributed by atoms with Gasteiger partial charge in [0.25, 0.3) is 0 Å². The molecule has 2 aliphatic rings. The van der Waals surface area contributed by atoms with Crippen LogP contribution in [-0.4, -0.2) is 17.8 Å². The molecule has 1 saturated heterocycles. The van der Waals surface area contributed by atoms with Crippen LogP contribution in [0, 0.1) is 0 Å². The molecule has 0 bridgehead atoms. The van der Waals surface area contributed by atoms with Gasteiger partial charge in [-0.15, -0.1) is 0 Å². The largest absolute Gasteiger partial charge is 0.251 e. The first-order valence-electron chi connectivity index (χ1n) is 4.08. The predicted molar refractivity (Wildman–Crippen MR) is 54.2 cm³/mol. The van der Waals surface area contributed by atoms with Crippen molar-refractivity contribution in [1.29, 1.82) is 0 Å². The lowest BCUT2D eigenvalue weighted by Gasteiger charge is -2.30. The van der Waals surface area contributed by atoms with Gasteiger partial charge in [0, 0.05) is 13.1 Å². The number of nitrogens with one attached hydrogen (secondary N) is 1. The number of piperidine rings is 1. The first-order chi connectivity index (χ1) is 5.97. The summed E-state index contributed by atoms with van der Waals surface area (Å²) in [7, 11) is 1.52. The smallest absolute Gasteiger partial charge is 0.181 e. The van der Waals surface area contributed by atoms with E-state index in [4.69, 9.17) is 0 Å². The van der Waals surface area contributed by atoms with Crippen molar-refractivity contribution in [2.24, 2.45) is 9.03 Å². The molecule has 7 heteroatoms. The summed E-state index contributed by atoms with van der Waals surface area (Å²) in [5.41, 5.74) is 0. The van der Waals surface area contributed by atoms with Crippen molar-refractivity contribution in [3.8, 4) is 0 Å². The number of rotatable bonds is 1. The van der Waals surface area contributed by atoms with Gasteiger partial charge in [-0.25, -0.2) is 0 Å². The molecule has 0 amide bonds. The summed E-state index contributed by atoms with van der Waals surface area (Å²) >= 11 is 0. The predicted octanol–water partition coefficient (Wildman–Crippen LogP) is 3.39. The minimum absolute atomic E-state index is 0.400. The van der Waals surface area contributed by atoms with Crippen LogP contribution in [0.15, 0.2) is 9.03 Å². The third-order valence-corrected chi connectivity index (χ3v) is 5.63. The second kappa shape index (κ2) is 4.69. The van der Waals surface area contributed by atoms with Crippen molar-refractivity contribution >= 4 is 25.4 Å². The van der Waals surface area contributed by atoms with Crippen LogP contribution in [0.5, 0.6) is 0 Å². The minimum atomic E-state index is -0.400. The third kappa shape index (κ3) is 2.28. The molecule has 1 fully saturated rings. The Labute approximate surface area is 76.9 Å². The van der Waals surface area contributed by atoms with Crippen molar-refractivity contribution in [2.75, 3.05) is 13.1 Å². The van der Waals surface area contributed by atoms with Gasteiger partial charge >= 0.3 is 0 Å². The molecule has 0 aromatic carbocycles. The lowest BCUT2D eigenvalue weighted by Crippen LogP contribution is -2.26. The van der Waals surface area contributed by atoms with Gasteiger partial charge in [-0.2, -0.15) is 13.9 Å². The fraction of sp³-hybridized carbons (Fsp3) is 1.00. The van der Waals surface area contributed by atoms with Gasteiger partial charge < -0.3 is 0 Å². The average molecular weight is 220 g/mol. The van der Waals surface area contributed by atoms with Gasteiger partial charge in [0.2, 0.25) is 0 Å². The van der Waals surface area contributed by atoms with Crippen molar-refractivity contribution < 1.29 is 0 Å². The summed E-state index contributed by atoms with van der Waals surface area (Å²) in [5.74, 6) is 0. The van der Waals surface area contributed by atoms with Crippen molar-refractivity contribution in [2.45, 2.75) is 19.3 Å². The summed E-state index contributed by atoms with van der Waals surface area (Å²) in [6, 6.07) is 0. The summed E-state index contributed by atoms with van der Waals surface area (Å²) in [6.45, 7) is 2.43. The molecule has 0 aliphatic carbocycles. The fourth-order valence-electron chi connectivity index (χ4n) is 1.34. The molecule has 12 heavy (non-hydrogen) atoms. The first-order valence-corrected chi connectivity index (χ1v) is 6.97. The zero-order valence-electron chi connectivity index (χ0n) is 6.72. The van der Waals surface area contributed by atoms with E-state index in [0.717, 1.165) is 17.0 Å². The summed E-state index contributed by atoms with van der Waals surface area (Å²) in [6.07, 6.45) is 4.06. The molecule has 2 rings (SSSR count). The molecule has 2 aliphatic heterocycles. The topological polar surface area (TPSA) is 40.0 Å². The van der Waals surface area contributed by atoms with Crippen molar-refractivity contribution in [3.63, 3.8) is 0 Å². The molecule has 2 heterocycles. The molecule has 1 N–H and O–H groups in total. The van der Waals surface area contributed by atoms with Crippen LogP contribution in [0.1, 0.15) is 19.3 Å². The van der Waals surface area contributed by atoms with Crippen molar-refractivity contribution in [3.05, 3.63) is 0 Å². The Morgan fingerprint density at radius 2 is 2.08 bits per heavy atom. The molecular weight excluding hydrogens is 209 g/mol. The summed E-state index contributed by atoms with van der Waals surface area (Å²) in [4.78, 5) is 3.31. The summed E-state index contributed by atoms with van der Waals surface area (Å²) < 4.78 is 11.0. The zero-order valence-corrected chi connectivity index (χ0v) is 9.40. The van der Waals surface area contributed by atoms with Gasteiger partial charge in [-0.1, -0.05) is 6.42 Å². The van der Waals surface area contributed by atoms with E-state index in [-0.39, 0.29) is 0 Å². The third-order valence-electron chi connectivity index (χ3n) is 1.94. The van der Waals surface area contributed by atoms with Crippen LogP contribution in [0.25, 0.3) is 0 Å². The van der Waals surface area contributed by atoms with Crippen LogP contribution in [-0.2, 0) is 0 Å². The standard InChI is InChI=1S/C5H11N4P3/c1-2-4-9(5-3-1)12-7-10-6-11-8-12/h1-5H2,(H,6,7,8). The van der Waals surface area contributed by atoms with Crippen LogP contribution in [0.4, 0.5) is 0 Å². The maximum absolute atomic E-state index is 4.43. The van der Waals surface area contributed by atoms with Gasteiger partial charge in [0.1, 0.15) is 8.52 Å². The Balaban J connectivity index is 1.90. The van der Waals surface area contributed by atoms with Gasteiger partial charge in [0.15, 0.2) is 16.9 Å². The first kappa shape index (κ1) is 9.12. The Kier molecular flexibility index (Phi) is 3.57. The Morgan fingerprint density at radius 3 is 2.75 bits per heavy atom. The molecule has 1 unspecified atom stereocenters. The van der Waals surface area contributed by atoms with Crippen LogP contribution >= 0.6 is 25.4 Å². The number of nitrogens with zero attached hydrogens (tertiary/aromatic N) is 3. The maximum atomic E-state index is 4.43. The highest BCUT2D eigenvalue weighted by Gasteiger charge is 2.20. The summed E-state index contributed by atoms with van der Waals surface area (Å²) in [5, 5.41) is 0. The SMILES string of the molecule is C1CCN(P2N=PN=PN2)CC1. The highest BCUT2D eigenvalue weighted by Crippen LogP contribution is 2.47. The minimum Gasteiger partial charge on any atom is -0.251 e.